The van der Waals surface area contributed by atoms with Gasteiger partial charge in [0.2, 0.25) is 5.43 Å². The van der Waals surface area contributed by atoms with Crippen molar-refractivity contribution in [3.05, 3.63) is 99.9 Å². The summed E-state index contributed by atoms with van der Waals surface area (Å²) in [7, 11) is 0. The first-order chi connectivity index (χ1) is 12.7. The van der Waals surface area contributed by atoms with Crippen molar-refractivity contribution in [2.75, 3.05) is 0 Å². The molecule has 0 saturated heterocycles. The standard InChI is InChI=1S/C22H15ClO3/c23-20-9-5-4-8-17(20)19-14-26-21-12-16(10-11-18(21)22(19)24)25-13-15-6-2-1-3-7-15/h1-12,14H,13H2. The molecule has 0 fully saturated rings. The fourth-order valence-corrected chi connectivity index (χ4v) is 3.04. The summed E-state index contributed by atoms with van der Waals surface area (Å²) in [6, 6.07) is 22.3. The molecule has 0 atom stereocenters. The third-order valence-corrected chi connectivity index (χ3v) is 4.49. The first-order valence-corrected chi connectivity index (χ1v) is 8.57. The molecule has 26 heavy (non-hydrogen) atoms. The molecular weight excluding hydrogens is 348 g/mol. The first kappa shape index (κ1) is 16.4. The molecule has 0 saturated carbocycles. The van der Waals surface area contributed by atoms with Crippen molar-refractivity contribution >= 4 is 22.6 Å². The minimum atomic E-state index is -0.117. The van der Waals surface area contributed by atoms with E-state index < -0.39 is 0 Å². The molecule has 1 heterocycles. The number of hydrogen-bond acceptors (Lipinski definition) is 3. The van der Waals surface area contributed by atoms with Crippen LogP contribution >= 0.6 is 11.6 Å². The van der Waals surface area contributed by atoms with Crippen LogP contribution in [0.5, 0.6) is 5.75 Å². The Bertz CT molecular complexity index is 1120. The highest BCUT2D eigenvalue weighted by Crippen LogP contribution is 2.28. The Morgan fingerprint density at radius 1 is 0.885 bits per heavy atom. The summed E-state index contributed by atoms with van der Waals surface area (Å²) in [5.74, 6) is 0.648. The summed E-state index contributed by atoms with van der Waals surface area (Å²) in [6.45, 7) is 0.453. The summed E-state index contributed by atoms with van der Waals surface area (Å²) in [5.41, 5.74) is 2.55. The minimum absolute atomic E-state index is 0.117. The van der Waals surface area contributed by atoms with E-state index >= 15 is 0 Å². The van der Waals surface area contributed by atoms with Crippen LogP contribution in [-0.2, 0) is 6.61 Å². The van der Waals surface area contributed by atoms with E-state index in [0.717, 1.165) is 5.56 Å². The van der Waals surface area contributed by atoms with Crippen molar-refractivity contribution in [2.24, 2.45) is 0 Å². The van der Waals surface area contributed by atoms with Gasteiger partial charge in [0.1, 0.15) is 24.2 Å². The highest BCUT2D eigenvalue weighted by Gasteiger charge is 2.12. The van der Waals surface area contributed by atoms with Gasteiger partial charge in [-0.2, -0.15) is 0 Å². The van der Waals surface area contributed by atoms with Gasteiger partial charge in [-0.15, -0.1) is 0 Å². The molecule has 0 spiro atoms. The van der Waals surface area contributed by atoms with E-state index in [-0.39, 0.29) is 5.43 Å². The highest BCUT2D eigenvalue weighted by molar-refractivity contribution is 6.33. The van der Waals surface area contributed by atoms with E-state index in [2.05, 4.69) is 0 Å². The second kappa shape index (κ2) is 7.06. The molecule has 4 heteroatoms. The summed E-state index contributed by atoms with van der Waals surface area (Å²) in [5, 5.41) is 1.01. The summed E-state index contributed by atoms with van der Waals surface area (Å²) < 4.78 is 11.5. The van der Waals surface area contributed by atoms with Gasteiger partial charge in [-0.05, 0) is 23.8 Å². The van der Waals surface area contributed by atoms with Gasteiger partial charge in [-0.25, -0.2) is 0 Å². The Morgan fingerprint density at radius 3 is 2.46 bits per heavy atom. The van der Waals surface area contributed by atoms with E-state index in [9.17, 15) is 4.79 Å². The molecule has 0 unspecified atom stereocenters. The molecule has 0 aliphatic carbocycles. The van der Waals surface area contributed by atoms with E-state index in [1.807, 2.05) is 42.5 Å². The molecule has 3 aromatic carbocycles. The number of benzene rings is 3. The quantitative estimate of drug-likeness (QED) is 0.468. The van der Waals surface area contributed by atoms with Gasteiger partial charge < -0.3 is 9.15 Å². The second-order valence-electron chi connectivity index (χ2n) is 5.89. The number of ether oxygens (including phenoxy) is 1. The first-order valence-electron chi connectivity index (χ1n) is 8.19. The zero-order chi connectivity index (χ0) is 17.9. The van der Waals surface area contributed by atoms with Crippen LogP contribution in [0.1, 0.15) is 5.56 Å². The van der Waals surface area contributed by atoms with Crippen molar-refractivity contribution in [3.63, 3.8) is 0 Å². The van der Waals surface area contributed by atoms with E-state index in [1.165, 1.54) is 6.26 Å². The fraction of sp³-hybridized carbons (Fsp3) is 0.0455. The maximum atomic E-state index is 12.8. The molecule has 0 radical (unpaired) electrons. The largest absolute Gasteiger partial charge is 0.489 e. The topological polar surface area (TPSA) is 39.4 Å². The van der Waals surface area contributed by atoms with Gasteiger partial charge in [-0.3, -0.25) is 4.79 Å². The van der Waals surface area contributed by atoms with Gasteiger partial charge in [0.15, 0.2) is 0 Å². The van der Waals surface area contributed by atoms with Crippen LogP contribution in [0.3, 0.4) is 0 Å². The maximum absolute atomic E-state index is 12.8. The minimum Gasteiger partial charge on any atom is -0.489 e. The van der Waals surface area contributed by atoms with E-state index in [0.29, 0.717) is 39.5 Å². The predicted octanol–water partition coefficient (Wildman–Crippen LogP) is 5.69. The molecule has 0 aliphatic heterocycles. The maximum Gasteiger partial charge on any atom is 0.200 e. The van der Waals surface area contributed by atoms with Crippen LogP contribution in [0.15, 0.2) is 88.3 Å². The number of halogens is 1. The van der Waals surface area contributed by atoms with Crippen molar-refractivity contribution in [3.8, 4) is 16.9 Å². The average Bonchev–Trinajstić information content (AvgIpc) is 2.68. The number of hydrogen-bond donors (Lipinski definition) is 0. The van der Waals surface area contributed by atoms with Gasteiger partial charge in [0.05, 0.1) is 10.9 Å². The molecular formula is C22H15ClO3. The third-order valence-electron chi connectivity index (χ3n) is 4.16. The predicted molar refractivity (Wildman–Crippen MR) is 104 cm³/mol. The van der Waals surface area contributed by atoms with Gasteiger partial charge >= 0.3 is 0 Å². The Hall–Kier alpha value is -3.04. The van der Waals surface area contributed by atoms with E-state index in [4.69, 9.17) is 20.8 Å². The van der Waals surface area contributed by atoms with Gasteiger partial charge in [-0.1, -0.05) is 60.1 Å². The molecule has 1 aromatic heterocycles. The van der Waals surface area contributed by atoms with Gasteiger partial charge in [0, 0.05) is 16.7 Å². The Morgan fingerprint density at radius 2 is 1.65 bits per heavy atom. The van der Waals surface area contributed by atoms with Crippen molar-refractivity contribution in [1.82, 2.24) is 0 Å². The van der Waals surface area contributed by atoms with Crippen LogP contribution in [0.4, 0.5) is 0 Å². The van der Waals surface area contributed by atoms with Crippen LogP contribution in [0.2, 0.25) is 5.02 Å². The molecule has 4 rings (SSSR count). The number of fused-ring (bicyclic) bond motifs is 1. The third kappa shape index (κ3) is 3.22. The summed E-state index contributed by atoms with van der Waals surface area (Å²) in [4.78, 5) is 12.8. The molecule has 3 nitrogen and oxygen atoms in total. The molecule has 4 aromatic rings. The lowest BCUT2D eigenvalue weighted by Gasteiger charge is -2.08. The molecule has 0 amide bonds. The van der Waals surface area contributed by atoms with Crippen LogP contribution in [0.25, 0.3) is 22.1 Å². The van der Waals surface area contributed by atoms with Crippen LogP contribution in [0, 0.1) is 0 Å². The van der Waals surface area contributed by atoms with E-state index in [1.54, 1.807) is 30.3 Å². The normalized spacial score (nSPS) is 10.8. The lowest BCUT2D eigenvalue weighted by atomic mass is 10.1. The molecule has 0 aliphatic rings. The molecule has 128 valence electrons. The summed E-state index contributed by atoms with van der Waals surface area (Å²) >= 11 is 6.21. The Kier molecular flexibility index (Phi) is 4.46. The van der Waals surface area contributed by atoms with Crippen molar-refractivity contribution in [2.45, 2.75) is 6.61 Å². The SMILES string of the molecule is O=c1c(-c2ccccc2Cl)coc2cc(OCc3ccccc3)ccc12. The Balaban J connectivity index is 1.67. The lowest BCUT2D eigenvalue weighted by Crippen LogP contribution is -2.05. The zero-order valence-electron chi connectivity index (χ0n) is 13.8. The summed E-state index contributed by atoms with van der Waals surface area (Å²) in [6.07, 6.45) is 1.45. The smallest absolute Gasteiger partial charge is 0.200 e. The second-order valence-corrected chi connectivity index (χ2v) is 6.30. The molecule has 0 N–H and O–H groups in total. The monoisotopic (exact) mass is 362 g/mol. The highest BCUT2D eigenvalue weighted by atomic mass is 35.5. The van der Waals surface area contributed by atoms with Crippen LogP contribution in [-0.4, -0.2) is 0 Å². The van der Waals surface area contributed by atoms with Crippen molar-refractivity contribution < 1.29 is 9.15 Å². The molecule has 0 bridgehead atoms. The van der Waals surface area contributed by atoms with Crippen LogP contribution < -0.4 is 10.2 Å². The Labute approximate surface area is 155 Å². The zero-order valence-corrected chi connectivity index (χ0v) is 14.6. The lowest BCUT2D eigenvalue weighted by molar-refractivity contribution is 0.306. The van der Waals surface area contributed by atoms with Gasteiger partial charge in [0.25, 0.3) is 0 Å². The number of rotatable bonds is 4. The van der Waals surface area contributed by atoms with Crippen molar-refractivity contribution in [1.29, 1.82) is 0 Å². The fourth-order valence-electron chi connectivity index (χ4n) is 2.80. The average molecular weight is 363 g/mol.